The minimum absolute atomic E-state index is 0.126. The molecule has 2 N–H and O–H groups in total. The Kier molecular flexibility index (Phi) is 5.49. The van der Waals surface area contributed by atoms with Crippen LogP contribution in [0.25, 0.3) is 21.6 Å². The molecule has 10 heteroatoms. The average molecular weight is 442 g/mol. The molecule has 5 rings (SSSR count). The third-order valence-electron chi connectivity index (χ3n) is 6.05. The number of carbonyl (C=O) groups is 1. The molecule has 0 aromatic carbocycles. The van der Waals surface area contributed by atoms with Gasteiger partial charge in [-0.25, -0.2) is 19.2 Å². The Hall–Kier alpha value is -2.72. The standard InChI is InChI=1S/C21H24FN7OS/c1-12-27-28-20(31-12)17-5-2-13-11-24-19(10-18(13)25-17)26-21(30)29-15-3-4-16(29)9-14(8-15)23-7-6-22/h2,5,10-11,14-16,23H,3-4,6-9H2,1H3,(H,24,26,30)/t14?,15-,16+. The Labute approximate surface area is 183 Å². The molecule has 3 aromatic heterocycles. The number of fused-ring (bicyclic) bond motifs is 3. The lowest BCUT2D eigenvalue weighted by atomic mass is 9.97. The van der Waals surface area contributed by atoms with E-state index in [1.807, 2.05) is 24.0 Å². The molecule has 1 unspecified atom stereocenters. The van der Waals surface area contributed by atoms with Gasteiger partial charge in [0.1, 0.15) is 23.2 Å². The van der Waals surface area contributed by atoms with Gasteiger partial charge < -0.3 is 10.2 Å². The Morgan fingerprint density at radius 3 is 2.77 bits per heavy atom. The van der Waals surface area contributed by atoms with Crippen molar-refractivity contribution in [1.29, 1.82) is 0 Å². The van der Waals surface area contributed by atoms with Crippen molar-refractivity contribution in [1.82, 2.24) is 30.4 Å². The largest absolute Gasteiger partial charge is 0.323 e. The van der Waals surface area contributed by atoms with E-state index in [2.05, 4.69) is 30.8 Å². The van der Waals surface area contributed by atoms with Gasteiger partial charge in [0.2, 0.25) is 0 Å². The highest BCUT2D eigenvalue weighted by atomic mass is 32.1. The molecule has 0 aliphatic carbocycles. The Morgan fingerprint density at radius 1 is 1.26 bits per heavy atom. The number of aryl methyl sites for hydroxylation is 1. The van der Waals surface area contributed by atoms with Crippen LogP contribution in [0.1, 0.15) is 30.7 Å². The number of anilines is 1. The Bertz CT molecular complexity index is 1090. The van der Waals surface area contributed by atoms with Crippen LogP contribution in [0.5, 0.6) is 0 Å². The Balaban J connectivity index is 1.31. The van der Waals surface area contributed by atoms with E-state index in [0.717, 1.165) is 52.3 Å². The van der Waals surface area contributed by atoms with Crippen LogP contribution >= 0.6 is 11.3 Å². The lowest BCUT2D eigenvalue weighted by Crippen LogP contribution is -2.53. The number of halogens is 1. The number of aromatic nitrogens is 4. The molecule has 31 heavy (non-hydrogen) atoms. The molecule has 2 amide bonds. The summed E-state index contributed by atoms with van der Waals surface area (Å²) in [6.45, 7) is 1.92. The highest BCUT2D eigenvalue weighted by Gasteiger charge is 2.43. The van der Waals surface area contributed by atoms with Crippen LogP contribution in [0.3, 0.4) is 0 Å². The number of nitrogens with one attached hydrogen (secondary N) is 2. The molecule has 0 saturated carbocycles. The zero-order chi connectivity index (χ0) is 21.4. The van der Waals surface area contributed by atoms with Gasteiger partial charge in [-0.3, -0.25) is 5.32 Å². The molecule has 2 aliphatic rings. The van der Waals surface area contributed by atoms with Gasteiger partial charge in [-0.2, -0.15) is 0 Å². The lowest BCUT2D eigenvalue weighted by Gasteiger charge is -2.39. The SMILES string of the molecule is Cc1nnc(-c2ccc3cnc(NC(=O)N4[C@@H]5CC[C@H]4CC(NCCF)C5)cc3n2)s1. The van der Waals surface area contributed by atoms with E-state index in [-0.39, 0.29) is 30.8 Å². The van der Waals surface area contributed by atoms with Gasteiger partial charge in [0.15, 0.2) is 5.01 Å². The van der Waals surface area contributed by atoms with E-state index in [1.54, 1.807) is 12.3 Å². The molecule has 3 atom stereocenters. The number of hydrogen-bond donors (Lipinski definition) is 2. The predicted octanol–water partition coefficient (Wildman–Crippen LogP) is 3.54. The molecular formula is C21H24FN7OS. The number of amides is 2. The summed E-state index contributed by atoms with van der Waals surface area (Å²) in [7, 11) is 0. The lowest BCUT2D eigenvalue weighted by molar-refractivity contribution is 0.141. The highest BCUT2D eigenvalue weighted by molar-refractivity contribution is 7.14. The fraction of sp³-hybridized carbons (Fsp3) is 0.476. The quantitative estimate of drug-likeness (QED) is 0.629. The van der Waals surface area contributed by atoms with Crippen LogP contribution in [0.2, 0.25) is 0 Å². The number of pyridine rings is 2. The summed E-state index contributed by atoms with van der Waals surface area (Å²) in [6, 6.07) is 6.16. The molecule has 0 radical (unpaired) electrons. The maximum absolute atomic E-state index is 13.0. The smallest absolute Gasteiger partial charge is 0.318 e. The molecule has 0 spiro atoms. The zero-order valence-electron chi connectivity index (χ0n) is 17.2. The van der Waals surface area contributed by atoms with E-state index >= 15 is 0 Å². The molecule has 3 aromatic rings. The summed E-state index contributed by atoms with van der Waals surface area (Å²) in [6.07, 6.45) is 5.42. The summed E-state index contributed by atoms with van der Waals surface area (Å²) in [5.41, 5.74) is 1.50. The van der Waals surface area contributed by atoms with E-state index in [1.165, 1.54) is 11.3 Å². The summed E-state index contributed by atoms with van der Waals surface area (Å²) < 4.78 is 12.5. The van der Waals surface area contributed by atoms with Crippen molar-refractivity contribution in [2.45, 2.75) is 50.7 Å². The normalized spacial score (nSPS) is 22.8. The predicted molar refractivity (Wildman–Crippen MR) is 118 cm³/mol. The van der Waals surface area contributed by atoms with Gasteiger partial charge in [-0.15, -0.1) is 10.2 Å². The van der Waals surface area contributed by atoms with Crippen LogP contribution < -0.4 is 10.6 Å². The molecule has 2 bridgehead atoms. The third kappa shape index (κ3) is 4.09. The number of piperidine rings is 1. The van der Waals surface area contributed by atoms with Crippen molar-refractivity contribution in [2.75, 3.05) is 18.5 Å². The van der Waals surface area contributed by atoms with Crippen LogP contribution in [0.4, 0.5) is 15.0 Å². The summed E-state index contributed by atoms with van der Waals surface area (Å²) >= 11 is 1.49. The van der Waals surface area contributed by atoms with Gasteiger partial charge in [0.05, 0.1) is 5.52 Å². The van der Waals surface area contributed by atoms with Crippen molar-refractivity contribution in [3.63, 3.8) is 0 Å². The second-order valence-corrected chi connectivity index (χ2v) is 9.30. The summed E-state index contributed by atoms with van der Waals surface area (Å²) in [5, 5.41) is 17.0. The van der Waals surface area contributed by atoms with Gasteiger partial charge in [0, 0.05) is 42.3 Å². The maximum atomic E-state index is 13.0. The molecule has 2 saturated heterocycles. The molecule has 8 nitrogen and oxygen atoms in total. The zero-order valence-corrected chi connectivity index (χ0v) is 18.0. The Morgan fingerprint density at radius 2 is 2.06 bits per heavy atom. The fourth-order valence-electron chi connectivity index (χ4n) is 4.71. The number of hydrogen-bond acceptors (Lipinski definition) is 7. The second-order valence-electron chi connectivity index (χ2n) is 8.12. The maximum Gasteiger partial charge on any atom is 0.323 e. The van der Waals surface area contributed by atoms with Crippen molar-refractivity contribution in [3.05, 3.63) is 29.4 Å². The van der Waals surface area contributed by atoms with Gasteiger partial charge >= 0.3 is 6.03 Å². The average Bonchev–Trinajstić information content (AvgIpc) is 3.32. The van der Waals surface area contributed by atoms with Crippen molar-refractivity contribution in [3.8, 4) is 10.7 Å². The van der Waals surface area contributed by atoms with E-state index < -0.39 is 0 Å². The summed E-state index contributed by atoms with van der Waals surface area (Å²) in [4.78, 5) is 24.1. The first-order valence-electron chi connectivity index (χ1n) is 10.6. The first-order chi connectivity index (χ1) is 15.1. The first-order valence-corrected chi connectivity index (χ1v) is 11.4. The minimum Gasteiger partial charge on any atom is -0.318 e. The number of carbonyl (C=O) groups excluding carboxylic acids is 1. The first kappa shape index (κ1) is 20.2. The number of urea groups is 1. The minimum atomic E-state index is -0.363. The molecule has 162 valence electrons. The molecule has 2 aliphatic heterocycles. The fourth-order valence-corrected chi connectivity index (χ4v) is 5.37. The van der Waals surface area contributed by atoms with E-state index in [4.69, 9.17) is 0 Å². The third-order valence-corrected chi connectivity index (χ3v) is 6.91. The van der Waals surface area contributed by atoms with Crippen LogP contribution in [0.15, 0.2) is 24.4 Å². The highest BCUT2D eigenvalue weighted by Crippen LogP contribution is 2.36. The van der Waals surface area contributed by atoms with Crippen LogP contribution in [0, 0.1) is 6.92 Å². The van der Waals surface area contributed by atoms with Gasteiger partial charge in [-0.1, -0.05) is 11.3 Å². The second kappa shape index (κ2) is 8.43. The molecular weight excluding hydrogens is 417 g/mol. The van der Waals surface area contributed by atoms with Crippen molar-refractivity contribution in [2.24, 2.45) is 0 Å². The molecule has 5 heterocycles. The number of nitrogens with zero attached hydrogens (tertiary/aromatic N) is 5. The van der Waals surface area contributed by atoms with Gasteiger partial charge in [-0.05, 0) is 44.7 Å². The van der Waals surface area contributed by atoms with Crippen molar-refractivity contribution < 1.29 is 9.18 Å². The number of alkyl halides is 1. The van der Waals surface area contributed by atoms with E-state index in [9.17, 15) is 9.18 Å². The van der Waals surface area contributed by atoms with Crippen LogP contribution in [-0.4, -0.2) is 62.4 Å². The van der Waals surface area contributed by atoms with Crippen LogP contribution in [-0.2, 0) is 0 Å². The monoisotopic (exact) mass is 441 g/mol. The topological polar surface area (TPSA) is 95.9 Å². The van der Waals surface area contributed by atoms with Gasteiger partial charge in [0.25, 0.3) is 0 Å². The summed E-state index contributed by atoms with van der Waals surface area (Å²) in [5.74, 6) is 0.479. The molecule has 2 fully saturated rings. The number of rotatable bonds is 5. The van der Waals surface area contributed by atoms with E-state index in [0.29, 0.717) is 12.4 Å². The van der Waals surface area contributed by atoms with Crippen molar-refractivity contribution >= 4 is 34.1 Å².